The summed E-state index contributed by atoms with van der Waals surface area (Å²) in [5, 5.41) is 0. The Bertz CT molecular complexity index is 808. The zero-order chi connectivity index (χ0) is 15.9. The van der Waals surface area contributed by atoms with Crippen molar-refractivity contribution < 1.29 is 4.74 Å². The Morgan fingerprint density at radius 3 is 2.22 bits per heavy atom. The van der Waals surface area contributed by atoms with E-state index in [1.807, 2.05) is 66.7 Å². The molecule has 1 heterocycles. The quantitative estimate of drug-likeness (QED) is 0.633. The van der Waals surface area contributed by atoms with Crippen molar-refractivity contribution in [1.82, 2.24) is 4.98 Å². The van der Waals surface area contributed by atoms with E-state index in [0.29, 0.717) is 24.6 Å². The fourth-order valence-corrected chi connectivity index (χ4v) is 2.35. The lowest BCUT2D eigenvalue weighted by atomic mass is 10.1. The van der Waals surface area contributed by atoms with Gasteiger partial charge in [-0.25, -0.2) is 0 Å². The molecule has 1 aromatic heterocycles. The molecule has 23 heavy (non-hydrogen) atoms. The van der Waals surface area contributed by atoms with Crippen molar-refractivity contribution in [2.45, 2.75) is 13.0 Å². The fraction of sp³-hybridized carbons (Fsp3) is 0.100. The lowest BCUT2D eigenvalue weighted by Crippen LogP contribution is -1.97. The van der Waals surface area contributed by atoms with Crippen LogP contribution in [0.5, 0.6) is 5.75 Å². The first-order chi connectivity index (χ1) is 11.3. The largest absolute Gasteiger partial charge is 0.485 e. The van der Waals surface area contributed by atoms with Gasteiger partial charge in [0.15, 0.2) is 11.9 Å². The number of nitrogens with zero attached hydrogens (tertiary/aromatic N) is 2. The van der Waals surface area contributed by atoms with Gasteiger partial charge in [0.2, 0.25) is 0 Å². The van der Waals surface area contributed by atoms with Crippen molar-refractivity contribution in [1.29, 1.82) is 0 Å². The van der Waals surface area contributed by atoms with Crippen LogP contribution < -0.4 is 4.74 Å². The highest BCUT2D eigenvalue weighted by Gasteiger charge is 2.08. The van der Waals surface area contributed by atoms with Gasteiger partial charge in [-0.1, -0.05) is 67.2 Å². The topological polar surface area (TPSA) is 26.5 Å². The van der Waals surface area contributed by atoms with Crippen LogP contribution in [0, 0.1) is 6.57 Å². The first-order valence-corrected chi connectivity index (χ1v) is 7.42. The van der Waals surface area contributed by atoms with E-state index in [1.165, 1.54) is 0 Å². The maximum atomic E-state index is 7.28. The minimum atomic E-state index is 0.431. The molecule has 3 heteroatoms. The number of hydrogen-bond acceptors (Lipinski definition) is 2. The monoisotopic (exact) mass is 300 g/mol. The number of ether oxygens (including phenoxy) is 1. The highest BCUT2D eigenvalue weighted by atomic mass is 16.5. The molecular weight excluding hydrogens is 284 g/mol. The lowest BCUT2D eigenvalue weighted by Gasteiger charge is -2.08. The van der Waals surface area contributed by atoms with Gasteiger partial charge in [-0.05, 0) is 29.2 Å². The number of hydrogen-bond donors (Lipinski definition) is 0. The van der Waals surface area contributed by atoms with Gasteiger partial charge in [0.05, 0.1) is 0 Å². The third-order valence-electron chi connectivity index (χ3n) is 3.51. The molecule has 0 saturated carbocycles. The molecule has 0 saturated heterocycles. The number of rotatable bonds is 5. The molecule has 0 atom stereocenters. The van der Waals surface area contributed by atoms with Crippen molar-refractivity contribution in [3.63, 3.8) is 0 Å². The molecule has 112 valence electrons. The summed E-state index contributed by atoms with van der Waals surface area (Å²) in [7, 11) is 0. The summed E-state index contributed by atoms with van der Waals surface area (Å²) >= 11 is 0. The Morgan fingerprint density at radius 2 is 1.57 bits per heavy atom. The normalized spacial score (nSPS) is 10.0. The molecule has 0 aliphatic carbocycles. The molecule has 3 nitrogen and oxygen atoms in total. The van der Waals surface area contributed by atoms with Crippen molar-refractivity contribution >= 4 is 5.82 Å². The van der Waals surface area contributed by atoms with Crippen LogP contribution in [0.4, 0.5) is 5.82 Å². The molecule has 0 amide bonds. The van der Waals surface area contributed by atoms with Crippen LogP contribution in [-0.4, -0.2) is 4.98 Å². The summed E-state index contributed by atoms with van der Waals surface area (Å²) in [5.41, 5.74) is 3.14. The summed E-state index contributed by atoms with van der Waals surface area (Å²) in [6.45, 7) is 7.77. The smallest absolute Gasteiger partial charge is 0.273 e. The van der Waals surface area contributed by atoms with Crippen LogP contribution in [0.3, 0.4) is 0 Å². The minimum Gasteiger partial charge on any atom is -0.485 e. The summed E-state index contributed by atoms with van der Waals surface area (Å²) in [6, 6.07) is 22.0. The van der Waals surface area contributed by atoms with E-state index in [2.05, 4.69) is 9.83 Å². The van der Waals surface area contributed by atoms with Crippen molar-refractivity contribution in [3.05, 3.63) is 101 Å². The molecular formula is C20H16N2O. The number of aromatic nitrogens is 1. The third kappa shape index (κ3) is 3.96. The summed E-state index contributed by atoms with van der Waals surface area (Å²) in [6.07, 6.45) is 2.29. The minimum absolute atomic E-state index is 0.431. The van der Waals surface area contributed by atoms with Crippen molar-refractivity contribution in [2.75, 3.05) is 0 Å². The number of benzene rings is 2. The fourth-order valence-electron chi connectivity index (χ4n) is 2.35. The SMILES string of the molecule is [C-]#[N+]c1ncc(OCc2ccccc2)cc1Cc1ccccc1. The molecule has 3 rings (SSSR count). The van der Waals surface area contributed by atoms with Gasteiger partial charge in [-0.15, -0.1) is 4.98 Å². The second-order valence-corrected chi connectivity index (χ2v) is 5.20. The summed E-state index contributed by atoms with van der Waals surface area (Å²) in [5.74, 6) is 1.12. The Kier molecular flexibility index (Phi) is 4.66. The van der Waals surface area contributed by atoms with Crippen LogP contribution in [0.25, 0.3) is 4.85 Å². The maximum absolute atomic E-state index is 7.28. The van der Waals surface area contributed by atoms with Crippen LogP contribution in [-0.2, 0) is 13.0 Å². The van der Waals surface area contributed by atoms with Gasteiger partial charge in [0, 0.05) is 0 Å². The number of pyridine rings is 1. The van der Waals surface area contributed by atoms with E-state index in [-0.39, 0.29) is 0 Å². The molecule has 2 aromatic carbocycles. The van der Waals surface area contributed by atoms with Crippen molar-refractivity contribution in [3.8, 4) is 5.75 Å². The Hall–Kier alpha value is -3.12. The third-order valence-corrected chi connectivity index (χ3v) is 3.51. The average Bonchev–Trinajstić information content (AvgIpc) is 2.62. The van der Waals surface area contributed by atoms with Crippen LogP contribution in [0.1, 0.15) is 16.7 Å². The van der Waals surface area contributed by atoms with E-state index >= 15 is 0 Å². The lowest BCUT2D eigenvalue weighted by molar-refractivity contribution is 0.305. The van der Waals surface area contributed by atoms with Crippen molar-refractivity contribution in [2.24, 2.45) is 0 Å². The molecule has 0 radical (unpaired) electrons. The molecule has 0 N–H and O–H groups in total. The standard InChI is InChI=1S/C20H16N2O/c1-21-20-18(12-16-8-4-2-5-9-16)13-19(14-22-20)23-15-17-10-6-3-7-11-17/h2-11,13-14H,12,15H2. The molecule has 0 fully saturated rings. The highest BCUT2D eigenvalue weighted by Crippen LogP contribution is 2.24. The predicted octanol–water partition coefficient (Wildman–Crippen LogP) is 4.80. The Morgan fingerprint density at radius 1 is 0.913 bits per heavy atom. The summed E-state index contributed by atoms with van der Waals surface area (Å²) < 4.78 is 5.80. The van der Waals surface area contributed by atoms with Crippen LogP contribution in [0.15, 0.2) is 72.9 Å². The maximum Gasteiger partial charge on any atom is 0.273 e. The molecule has 0 aliphatic heterocycles. The van der Waals surface area contributed by atoms with Gasteiger partial charge in [0.25, 0.3) is 5.82 Å². The highest BCUT2D eigenvalue weighted by molar-refractivity contribution is 5.50. The van der Waals surface area contributed by atoms with Gasteiger partial charge < -0.3 is 9.58 Å². The van der Waals surface area contributed by atoms with Gasteiger partial charge in [0.1, 0.15) is 6.61 Å². The zero-order valence-electron chi connectivity index (χ0n) is 12.6. The Balaban J connectivity index is 1.77. The van der Waals surface area contributed by atoms with Gasteiger partial charge in [-0.2, -0.15) is 0 Å². The van der Waals surface area contributed by atoms with Crippen LogP contribution in [0.2, 0.25) is 0 Å². The van der Waals surface area contributed by atoms with E-state index in [0.717, 1.165) is 16.7 Å². The second-order valence-electron chi connectivity index (χ2n) is 5.20. The van der Waals surface area contributed by atoms with Crippen LogP contribution >= 0.6 is 0 Å². The zero-order valence-corrected chi connectivity index (χ0v) is 12.6. The second kappa shape index (κ2) is 7.24. The van der Waals surface area contributed by atoms with E-state index < -0.39 is 0 Å². The van der Waals surface area contributed by atoms with E-state index in [1.54, 1.807) is 6.20 Å². The van der Waals surface area contributed by atoms with E-state index in [4.69, 9.17) is 11.3 Å². The van der Waals surface area contributed by atoms with E-state index in [9.17, 15) is 0 Å². The van der Waals surface area contributed by atoms with Gasteiger partial charge in [-0.3, -0.25) is 0 Å². The predicted molar refractivity (Wildman–Crippen MR) is 90.5 cm³/mol. The average molecular weight is 300 g/mol. The molecule has 3 aromatic rings. The van der Waals surface area contributed by atoms with Gasteiger partial charge >= 0.3 is 0 Å². The molecule has 0 unspecified atom stereocenters. The Labute approximate surface area is 136 Å². The molecule has 0 aliphatic rings. The summed E-state index contributed by atoms with van der Waals surface area (Å²) in [4.78, 5) is 7.74. The first-order valence-electron chi connectivity index (χ1n) is 7.42. The molecule has 0 bridgehead atoms. The first kappa shape index (κ1) is 14.8. The molecule has 0 spiro atoms.